The van der Waals surface area contributed by atoms with Crippen LogP contribution in [-0.2, 0) is 4.79 Å². The summed E-state index contributed by atoms with van der Waals surface area (Å²) in [6, 6.07) is 5.60. The van der Waals surface area contributed by atoms with Gasteiger partial charge in [-0.25, -0.2) is 0 Å². The minimum Gasteiger partial charge on any atom is -0.481 e. The van der Waals surface area contributed by atoms with Gasteiger partial charge in [0.25, 0.3) is 5.91 Å². The highest BCUT2D eigenvalue weighted by molar-refractivity contribution is 14.1. The number of carboxylic acids is 1. The third kappa shape index (κ3) is 4.85. The topological polar surface area (TPSA) is 66.4 Å². The van der Waals surface area contributed by atoms with E-state index in [0.29, 0.717) is 17.9 Å². The molecule has 0 aliphatic rings. The second kappa shape index (κ2) is 7.63. The maximum atomic E-state index is 11.9. The first-order valence-corrected chi connectivity index (χ1v) is 7.58. The van der Waals surface area contributed by atoms with E-state index < -0.39 is 5.97 Å². The van der Waals surface area contributed by atoms with E-state index in [2.05, 4.69) is 27.9 Å². The SMILES string of the molecule is Cc1cccc(C(=O)NCCSCC(=O)O)c1I. The number of hydrogen-bond acceptors (Lipinski definition) is 3. The van der Waals surface area contributed by atoms with Crippen LogP contribution in [0.5, 0.6) is 0 Å². The second-order valence-electron chi connectivity index (χ2n) is 3.64. The number of hydrogen-bond donors (Lipinski definition) is 2. The van der Waals surface area contributed by atoms with Crippen molar-refractivity contribution in [3.63, 3.8) is 0 Å². The molecule has 0 aliphatic heterocycles. The summed E-state index contributed by atoms with van der Waals surface area (Å²) >= 11 is 3.44. The van der Waals surface area contributed by atoms with Crippen molar-refractivity contribution in [2.75, 3.05) is 18.1 Å². The van der Waals surface area contributed by atoms with E-state index in [1.807, 2.05) is 19.1 Å². The Kier molecular flexibility index (Phi) is 6.48. The fourth-order valence-corrected chi connectivity index (χ4v) is 2.48. The second-order valence-corrected chi connectivity index (χ2v) is 5.82. The Balaban J connectivity index is 2.41. The molecule has 2 N–H and O–H groups in total. The van der Waals surface area contributed by atoms with Crippen LogP contribution in [-0.4, -0.2) is 35.0 Å². The van der Waals surface area contributed by atoms with E-state index in [1.54, 1.807) is 6.07 Å². The Morgan fingerprint density at radius 1 is 1.44 bits per heavy atom. The van der Waals surface area contributed by atoms with Gasteiger partial charge >= 0.3 is 5.97 Å². The molecule has 0 bridgehead atoms. The third-order valence-corrected chi connectivity index (χ3v) is 4.57. The van der Waals surface area contributed by atoms with Gasteiger partial charge in [-0.3, -0.25) is 9.59 Å². The number of benzene rings is 1. The number of aliphatic carboxylic acids is 1. The van der Waals surface area contributed by atoms with Crippen LogP contribution in [0.3, 0.4) is 0 Å². The molecule has 0 aliphatic carbocycles. The van der Waals surface area contributed by atoms with E-state index in [4.69, 9.17) is 5.11 Å². The summed E-state index contributed by atoms with van der Waals surface area (Å²) in [5, 5.41) is 11.2. The molecule has 0 fully saturated rings. The molecule has 0 atom stereocenters. The lowest BCUT2D eigenvalue weighted by atomic mass is 10.1. The van der Waals surface area contributed by atoms with Gasteiger partial charge in [0.05, 0.1) is 11.3 Å². The van der Waals surface area contributed by atoms with Gasteiger partial charge in [0, 0.05) is 15.9 Å². The fourth-order valence-electron chi connectivity index (χ4n) is 1.31. The molecule has 1 aromatic carbocycles. The highest BCUT2D eigenvalue weighted by Crippen LogP contribution is 2.16. The molecule has 18 heavy (non-hydrogen) atoms. The summed E-state index contributed by atoms with van der Waals surface area (Å²) in [7, 11) is 0. The molecule has 6 heteroatoms. The lowest BCUT2D eigenvalue weighted by molar-refractivity contribution is -0.133. The monoisotopic (exact) mass is 379 g/mol. The average Bonchev–Trinajstić information content (AvgIpc) is 2.31. The van der Waals surface area contributed by atoms with Crippen LogP contribution in [0, 0.1) is 10.5 Å². The normalized spacial score (nSPS) is 10.1. The predicted molar refractivity (Wildman–Crippen MR) is 81.2 cm³/mol. The van der Waals surface area contributed by atoms with E-state index in [-0.39, 0.29) is 11.7 Å². The highest BCUT2D eigenvalue weighted by atomic mass is 127. The Bertz CT molecular complexity index is 451. The molecule has 1 aromatic rings. The summed E-state index contributed by atoms with van der Waals surface area (Å²) in [4.78, 5) is 22.2. The van der Waals surface area contributed by atoms with Crippen molar-refractivity contribution in [2.24, 2.45) is 0 Å². The summed E-state index contributed by atoms with van der Waals surface area (Å²) in [6.45, 7) is 2.43. The molecule has 1 amide bonds. The van der Waals surface area contributed by atoms with Gasteiger partial charge < -0.3 is 10.4 Å². The van der Waals surface area contributed by atoms with Gasteiger partial charge in [-0.1, -0.05) is 12.1 Å². The van der Waals surface area contributed by atoms with Gasteiger partial charge in [-0.05, 0) is 41.1 Å². The number of carbonyl (C=O) groups excluding carboxylic acids is 1. The molecule has 0 aromatic heterocycles. The Morgan fingerprint density at radius 3 is 2.83 bits per heavy atom. The minimum atomic E-state index is -0.834. The standard InChI is InChI=1S/C12H14INO3S/c1-8-3-2-4-9(11(8)13)12(17)14-5-6-18-7-10(15)16/h2-4H,5-7H2,1H3,(H,14,17)(H,15,16). The quantitative estimate of drug-likeness (QED) is 0.587. The minimum absolute atomic E-state index is 0.0673. The molecule has 0 unspecified atom stereocenters. The van der Waals surface area contributed by atoms with Crippen LogP contribution in [0.2, 0.25) is 0 Å². The lowest BCUT2D eigenvalue weighted by Gasteiger charge is -2.08. The van der Waals surface area contributed by atoms with Crippen molar-refractivity contribution in [3.05, 3.63) is 32.9 Å². The number of halogens is 1. The molecule has 0 saturated carbocycles. The number of amides is 1. The zero-order valence-corrected chi connectivity index (χ0v) is 12.9. The lowest BCUT2D eigenvalue weighted by Crippen LogP contribution is -2.26. The number of carboxylic acid groups (broad SMARTS) is 1. The van der Waals surface area contributed by atoms with Crippen molar-refractivity contribution in [2.45, 2.75) is 6.92 Å². The third-order valence-electron chi connectivity index (χ3n) is 2.19. The van der Waals surface area contributed by atoms with E-state index in [0.717, 1.165) is 9.13 Å². The number of rotatable bonds is 6. The molecule has 98 valence electrons. The average molecular weight is 379 g/mol. The largest absolute Gasteiger partial charge is 0.481 e. The molecule has 4 nitrogen and oxygen atoms in total. The molecule has 0 spiro atoms. The van der Waals surface area contributed by atoms with Crippen LogP contribution < -0.4 is 5.32 Å². The molecule has 0 heterocycles. The van der Waals surface area contributed by atoms with Crippen LogP contribution in [0.25, 0.3) is 0 Å². The van der Waals surface area contributed by atoms with E-state index >= 15 is 0 Å². The molecule has 1 rings (SSSR count). The van der Waals surface area contributed by atoms with Gasteiger partial charge in [0.1, 0.15) is 0 Å². The maximum absolute atomic E-state index is 11.9. The summed E-state index contributed by atoms with van der Waals surface area (Å²) in [6.07, 6.45) is 0. The predicted octanol–water partition coefficient (Wildman–Crippen LogP) is 2.15. The summed E-state index contributed by atoms with van der Waals surface area (Å²) in [5.41, 5.74) is 1.74. The van der Waals surface area contributed by atoms with Crippen LogP contribution >= 0.6 is 34.4 Å². The number of nitrogens with one attached hydrogen (secondary N) is 1. The number of thioether (sulfide) groups is 1. The first-order chi connectivity index (χ1) is 8.52. The van der Waals surface area contributed by atoms with Crippen LogP contribution in [0.1, 0.15) is 15.9 Å². The molecule has 0 saturated heterocycles. The Labute approximate surface area is 124 Å². The Morgan fingerprint density at radius 2 is 2.17 bits per heavy atom. The number of aryl methyl sites for hydroxylation is 1. The molecule has 0 radical (unpaired) electrons. The summed E-state index contributed by atoms with van der Waals surface area (Å²) in [5.74, 6) is -0.281. The van der Waals surface area contributed by atoms with E-state index in [9.17, 15) is 9.59 Å². The van der Waals surface area contributed by atoms with Crippen LogP contribution in [0.15, 0.2) is 18.2 Å². The van der Waals surface area contributed by atoms with Crippen molar-refractivity contribution in [3.8, 4) is 0 Å². The fraction of sp³-hybridized carbons (Fsp3) is 0.333. The Hall–Kier alpha value is -0.760. The van der Waals surface area contributed by atoms with Gasteiger partial charge in [-0.15, -0.1) is 11.8 Å². The van der Waals surface area contributed by atoms with Gasteiger partial charge in [0.2, 0.25) is 0 Å². The highest BCUT2D eigenvalue weighted by Gasteiger charge is 2.10. The van der Waals surface area contributed by atoms with Crippen LogP contribution in [0.4, 0.5) is 0 Å². The smallest absolute Gasteiger partial charge is 0.313 e. The van der Waals surface area contributed by atoms with Crippen molar-refractivity contribution < 1.29 is 14.7 Å². The molecular formula is C12H14INO3S. The van der Waals surface area contributed by atoms with Crippen molar-refractivity contribution in [1.29, 1.82) is 0 Å². The van der Waals surface area contributed by atoms with Gasteiger partial charge in [0.15, 0.2) is 0 Å². The first-order valence-electron chi connectivity index (χ1n) is 5.35. The first kappa shape index (κ1) is 15.3. The number of carbonyl (C=O) groups is 2. The maximum Gasteiger partial charge on any atom is 0.313 e. The zero-order chi connectivity index (χ0) is 13.5. The summed E-state index contributed by atoms with van der Waals surface area (Å²) < 4.78 is 0.950. The van der Waals surface area contributed by atoms with E-state index in [1.165, 1.54) is 11.8 Å². The zero-order valence-electron chi connectivity index (χ0n) is 9.90. The van der Waals surface area contributed by atoms with Crippen molar-refractivity contribution in [1.82, 2.24) is 5.32 Å². The van der Waals surface area contributed by atoms with Gasteiger partial charge in [-0.2, -0.15) is 0 Å². The van der Waals surface area contributed by atoms with Crippen molar-refractivity contribution >= 4 is 46.2 Å². The molecular weight excluding hydrogens is 365 g/mol.